The first-order valence-electron chi connectivity index (χ1n) is 8.38. The van der Waals surface area contributed by atoms with Crippen LogP contribution < -0.4 is 4.74 Å². The van der Waals surface area contributed by atoms with E-state index in [9.17, 15) is 0 Å². The number of aromatic amines is 2. The Morgan fingerprint density at radius 3 is 2.68 bits per heavy atom. The topological polar surface area (TPSA) is 83.9 Å². The summed E-state index contributed by atoms with van der Waals surface area (Å²) in [7, 11) is 0. The molecular formula is C19H15ClN6OS. The summed E-state index contributed by atoms with van der Waals surface area (Å²) in [6.45, 7) is 0.359. The van der Waals surface area contributed by atoms with Gasteiger partial charge >= 0.3 is 6.01 Å². The van der Waals surface area contributed by atoms with Crippen LogP contribution in [0.5, 0.6) is 6.01 Å². The number of benzene rings is 2. The van der Waals surface area contributed by atoms with Gasteiger partial charge in [0.05, 0.1) is 18.1 Å². The van der Waals surface area contributed by atoms with Crippen molar-refractivity contribution in [3.8, 4) is 17.3 Å². The Labute approximate surface area is 170 Å². The Morgan fingerprint density at radius 1 is 1.11 bits per heavy atom. The molecule has 0 fully saturated rings. The van der Waals surface area contributed by atoms with E-state index in [4.69, 9.17) is 28.6 Å². The Hall–Kier alpha value is -3.23. The first-order valence-corrected chi connectivity index (χ1v) is 9.17. The van der Waals surface area contributed by atoms with Crippen LogP contribution in [-0.2, 0) is 6.61 Å². The lowest BCUT2D eigenvalue weighted by molar-refractivity contribution is 0.269. The lowest BCUT2D eigenvalue weighted by Gasteiger charge is -2.04. The summed E-state index contributed by atoms with van der Waals surface area (Å²) in [5, 5.41) is 18.9. The molecule has 2 heterocycles. The van der Waals surface area contributed by atoms with E-state index in [1.807, 2.05) is 54.6 Å². The van der Waals surface area contributed by atoms with Crippen molar-refractivity contribution in [2.45, 2.75) is 6.61 Å². The minimum atomic E-state index is 0.279. The smallest absolute Gasteiger partial charge is 0.337 e. The van der Waals surface area contributed by atoms with E-state index in [-0.39, 0.29) is 6.01 Å². The second-order valence-electron chi connectivity index (χ2n) is 5.85. The summed E-state index contributed by atoms with van der Waals surface area (Å²) < 4.78 is 7.50. The van der Waals surface area contributed by atoms with Gasteiger partial charge in [-0.2, -0.15) is 14.9 Å². The quantitative estimate of drug-likeness (QED) is 0.363. The molecule has 4 aromatic rings. The van der Waals surface area contributed by atoms with Crippen LogP contribution in [0.25, 0.3) is 11.3 Å². The predicted octanol–water partition coefficient (Wildman–Crippen LogP) is 4.45. The van der Waals surface area contributed by atoms with Crippen LogP contribution in [0.3, 0.4) is 0 Å². The molecule has 2 N–H and O–H groups in total. The number of aromatic nitrogens is 5. The lowest BCUT2D eigenvalue weighted by Crippen LogP contribution is -2.01. The van der Waals surface area contributed by atoms with Gasteiger partial charge in [-0.05, 0) is 29.9 Å². The summed E-state index contributed by atoms with van der Waals surface area (Å²) >= 11 is 11.2. The number of hydrogen-bond acceptors (Lipinski definition) is 5. The maximum Gasteiger partial charge on any atom is 0.337 e. The van der Waals surface area contributed by atoms with Crippen molar-refractivity contribution in [1.29, 1.82) is 0 Å². The van der Waals surface area contributed by atoms with Crippen molar-refractivity contribution >= 4 is 30.0 Å². The number of ether oxygens (including phenoxy) is 1. The average Bonchev–Trinajstić information content (AvgIpc) is 3.32. The highest BCUT2D eigenvalue weighted by Gasteiger charge is 2.09. The molecule has 0 saturated carbocycles. The Balaban J connectivity index is 1.56. The zero-order chi connectivity index (χ0) is 19.3. The number of H-pyrrole nitrogens is 2. The molecule has 0 aliphatic rings. The molecule has 0 radical (unpaired) electrons. The lowest BCUT2D eigenvalue weighted by atomic mass is 10.1. The van der Waals surface area contributed by atoms with Crippen molar-refractivity contribution in [1.82, 2.24) is 25.1 Å². The minimum Gasteiger partial charge on any atom is -0.457 e. The molecule has 28 heavy (non-hydrogen) atoms. The van der Waals surface area contributed by atoms with Gasteiger partial charge < -0.3 is 4.74 Å². The maximum atomic E-state index is 5.96. The molecule has 0 aliphatic carbocycles. The van der Waals surface area contributed by atoms with Gasteiger partial charge in [-0.1, -0.05) is 54.1 Å². The van der Waals surface area contributed by atoms with Crippen molar-refractivity contribution in [2.75, 3.05) is 0 Å². The molecule has 0 spiro atoms. The number of nitrogens with one attached hydrogen (secondary N) is 2. The fourth-order valence-electron chi connectivity index (χ4n) is 2.56. The molecule has 4 rings (SSSR count). The van der Waals surface area contributed by atoms with E-state index in [0.717, 1.165) is 22.4 Å². The van der Waals surface area contributed by atoms with Crippen LogP contribution in [0.2, 0.25) is 5.02 Å². The summed E-state index contributed by atoms with van der Waals surface area (Å²) in [5.41, 5.74) is 3.58. The van der Waals surface area contributed by atoms with Gasteiger partial charge in [0.25, 0.3) is 0 Å². The molecule has 2 aromatic heterocycles. The van der Waals surface area contributed by atoms with Crippen LogP contribution in [0, 0.1) is 4.77 Å². The summed E-state index contributed by atoms with van der Waals surface area (Å²) in [5.74, 6) is 0. The van der Waals surface area contributed by atoms with Gasteiger partial charge in [0.15, 0.2) is 0 Å². The molecule has 7 nitrogen and oxygen atoms in total. The molecule has 9 heteroatoms. The van der Waals surface area contributed by atoms with Gasteiger partial charge in [-0.25, -0.2) is 5.10 Å². The highest BCUT2D eigenvalue weighted by Crippen LogP contribution is 2.22. The van der Waals surface area contributed by atoms with Crippen LogP contribution in [0.4, 0.5) is 0 Å². The zero-order valence-electron chi connectivity index (χ0n) is 14.5. The fraction of sp³-hybridized carbons (Fsp3) is 0.0526. The summed E-state index contributed by atoms with van der Waals surface area (Å²) in [6.07, 6.45) is 3.33. The second kappa shape index (κ2) is 8.20. The minimum absolute atomic E-state index is 0.279. The van der Waals surface area contributed by atoms with Crippen molar-refractivity contribution in [2.24, 2.45) is 5.10 Å². The van der Waals surface area contributed by atoms with E-state index in [1.54, 1.807) is 12.4 Å². The predicted molar refractivity (Wildman–Crippen MR) is 110 cm³/mol. The molecule has 0 saturated heterocycles. The van der Waals surface area contributed by atoms with E-state index in [0.29, 0.717) is 16.4 Å². The Kier molecular flexibility index (Phi) is 5.31. The third kappa shape index (κ3) is 4.03. The molecule has 0 aliphatic heterocycles. The Morgan fingerprint density at radius 2 is 1.89 bits per heavy atom. The summed E-state index contributed by atoms with van der Waals surface area (Å²) in [6, 6.07) is 17.5. The highest BCUT2D eigenvalue weighted by molar-refractivity contribution is 7.71. The molecule has 140 valence electrons. The standard InChI is InChI=1S/C19H15ClN6OS/c20-16-8-6-14(7-9-16)17-15(10-21-23-17)11-22-26-18(24-25-19(26)28)27-12-13-4-2-1-3-5-13/h1-11H,12H2,(H,21,23)(H,25,28)/b22-11+. The average molecular weight is 411 g/mol. The number of halogens is 1. The van der Waals surface area contributed by atoms with Crippen molar-refractivity contribution in [3.63, 3.8) is 0 Å². The molecule has 0 atom stereocenters. The van der Waals surface area contributed by atoms with Crippen LogP contribution in [-0.4, -0.2) is 31.3 Å². The van der Waals surface area contributed by atoms with Crippen molar-refractivity contribution in [3.05, 3.63) is 81.7 Å². The number of hydrogen-bond donors (Lipinski definition) is 2. The molecule has 0 unspecified atom stereocenters. The first-order chi connectivity index (χ1) is 13.7. The SMILES string of the molecule is S=c1[nH]nc(OCc2ccccc2)n1/N=C/c1cn[nH]c1-c1ccc(Cl)cc1. The zero-order valence-corrected chi connectivity index (χ0v) is 16.1. The monoisotopic (exact) mass is 410 g/mol. The maximum absolute atomic E-state index is 5.96. The van der Waals surface area contributed by atoms with Crippen LogP contribution >= 0.6 is 23.8 Å². The van der Waals surface area contributed by atoms with Gasteiger partial charge in [-0.3, -0.25) is 5.10 Å². The Bertz CT molecular complexity index is 1150. The van der Waals surface area contributed by atoms with E-state index in [2.05, 4.69) is 25.5 Å². The highest BCUT2D eigenvalue weighted by atomic mass is 35.5. The van der Waals surface area contributed by atoms with Crippen molar-refractivity contribution < 1.29 is 4.74 Å². The van der Waals surface area contributed by atoms with Gasteiger partial charge in [0.2, 0.25) is 4.77 Å². The van der Waals surface area contributed by atoms with E-state index >= 15 is 0 Å². The third-order valence-corrected chi connectivity index (χ3v) is 4.46. The largest absolute Gasteiger partial charge is 0.457 e. The van der Waals surface area contributed by atoms with Crippen LogP contribution in [0.15, 0.2) is 65.9 Å². The third-order valence-electron chi connectivity index (χ3n) is 3.95. The summed E-state index contributed by atoms with van der Waals surface area (Å²) in [4.78, 5) is 0. The van der Waals surface area contributed by atoms with Gasteiger partial charge in [-0.15, -0.1) is 5.10 Å². The number of rotatable bonds is 6. The molecule has 0 bridgehead atoms. The fourth-order valence-corrected chi connectivity index (χ4v) is 2.85. The van der Waals surface area contributed by atoms with Gasteiger partial charge in [0, 0.05) is 16.1 Å². The number of nitrogens with zero attached hydrogens (tertiary/aromatic N) is 4. The van der Waals surface area contributed by atoms with Crippen LogP contribution in [0.1, 0.15) is 11.1 Å². The van der Waals surface area contributed by atoms with E-state index < -0.39 is 0 Å². The normalized spacial score (nSPS) is 11.2. The second-order valence-corrected chi connectivity index (χ2v) is 6.67. The van der Waals surface area contributed by atoms with E-state index in [1.165, 1.54) is 4.68 Å². The first kappa shape index (κ1) is 18.1. The van der Waals surface area contributed by atoms with Gasteiger partial charge in [0.1, 0.15) is 6.61 Å². The molecule has 0 amide bonds. The molecule has 2 aromatic carbocycles. The molecular weight excluding hydrogens is 396 g/mol.